The first kappa shape index (κ1) is 14.0. The van der Waals surface area contributed by atoms with Crippen LogP contribution in [0.4, 0.5) is 4.39 Å². The normalized spacial score (nSPS) is 22.4. The molecule has 1 saturated carbocycles. The molecule has 0 heterocycles. The summed E-state index contributed by atoms with van der Waals surface area (Å²) in [6, 6.07) is 4.52. The molecule has 18 heavy (non-hydrogen) atoms. The highest BCUT2D eigenvalue weighted by atomic mass is 79.9. The van der Waals surface area contributed by atoms with Gasteiger partial charge in [-0.1, -0.05) is 31.9 Å². The zero-order chi connectivity index (χ0) is 13.3. The van der Waals surface area contributed by atoms with Crippen molar-refractivity contribution in [1.82, 2.24) is 4.90 Å². The highest BCUT2D eigenvalue weighted by Gasteiger charge is 2.29. The number of halogens is 3. The Morgan fingerprint density at radius 3 is 2.72 bits per heavy atom. The predicted octanol–water partition coefficient (Wildman–Crippen LogP) is 3.83. The number of amides is 1. The van der Waals surface area contributed by atoms with Crippen LogP contribution in [-0.2, 0) is 0 Å². The number of rotatable bonds is 3. The smallest absolute Gasteiger partial charge is 0.256 e. The Bertz CT molecular complexity index is 460. The highest BCUT2D eigenvalue weighted by molar-refractivity contribution is 9.10. The van der Waals surface area contributed by atoms with Gasteiger partial charge in [0, 0.05) is 22.9 Å². The summed E-state index contributed by atoms with van der Waals surface area (Å²) in [6.45, 7) is 0.691. The lowest BCUT2D eigenvalue weighted by Crippen LogP contribution is -2.38. The Morgan fingerprint density at radius 2 is 2.17 bits per heavy atom. The largest absolute Gasteiger partial charge is 0.341 e. The van der Waals surface area contributed by atoms with Gasteiger partial charge in [-0.3, -0.25) is 4.79 Å². The summed E-state index contributed by atoms with van der Waals surface area (Å²) in [5.41, 5.74) is 0.135. The van der Waals surface area contributed by atoms with E-state index in [2.05, 4.69) is 31.9 Å². The summed E-state index contributed by atoms with van der Waals surface area (Å²) in [4.78, 5) is 14.3. The van der Waals surface area contributed by atoms with E-state index in [1.807, 2.05) is 0 Å². The molecule has 1 aromatic rings. The minimum Gasteiger partial charge on any atom is -0.341 e. The maximum absolute atomic E-state index is 13.7. The first-order chi connectivity index (χ1) is 8.47. The van der Waals surface area contributed by atoms with Gasteiger partial charge in [0.05, 0.1) is 5.56 Å². The van der Waals surface area contributed by atoms with Gasteiger partial charge in [0.1, 0.15) is 5.82 Å². The molecule has 0 aliphatic heterocycles. The average Bonchev–Trinajstić information content (AvgIpc) is 2.26. The van der Waals surface area contributed by atoms with Crippen LogP contribution in [-0.4, -0.2) is 29.2 Å². The van der Waals surface area contributed by atoms with E-state index in [4.69, 9.17) is 0 Å². The molecule has 0 unspecified atom stereocenters. The molecule has 1 amide bonds. The lowest BCUT2D eigenvalue weighted by atomic mass is 9.85. The first-order valence-electron chi connectivity index (χ1n) is 5.82. The number of carbonyl (C=O) groups is 1. The minimum atomic E-state index is -0.479. The number of alkyl halides is 1. The van der Waals surface area contributed by atoms with Gasteiger partial charge in [-0.2, -0.15) is 0 Å². The molecule has 5 heteroatoms. The Balaban J connectivity index is 2.01. The van der Waals surface area contributed by atoms with Gasteiger partial charge in [-0.05, 0) is 37.0 Å². The Morgan fingerprint density at radius 1 is 1.50 bits per heavy atom. The topological polar surface area (TPSA) is 20.3 Å². The van der Waals surface area contributed by atoms with E-state index in [0.717, 1.165) is 12.8 Å². The van der Waals surface area contributed by atoms with E-state index in [9.17, 15) is 9.18 Å². The fourth-order valence-corrected chi connectivity index (χ4v) is 3.53. The summed E-state index contributed by atoms with van der Waals surface area (Å²) >= 11 is 6.70. The molecule has 0 radical (unpaired) electrons. The van der Waals surface area contributed by atoms with E-state index in [1.54, 1.807) is 18.0 Å². The van der Waals surface area contributed by atoms with Gasteiger partial charge < -0.3 is 4.90 Å². The molecule has 1 aliphatic rings. The Kier molecular flexibility index (Phi) is 4.43. The molecule has 1 aliphatic carbocycles. The molecule has 0 bridgehead atoms. The van der Waals surface area contributed by atoms with Crippen LogP contribution in [0.5, 0.6) is 0 Å². The van der Waals surface area contributed by atoms with Crippen molar-refractivity contribution in [1.29, 1.82) is 0 Å². The molecule has 0 saturated heterocycles. The minimum absolute atomic E-state index is 0.135. The van der Waals surface area contributed by atoms with Crippen molar-refractivity contribution in [3.8, 4) is 0 Å². The Labute approximate surface area is 123 Å². The number of hydrogen-bond donors (Lipinski definition) is 0. The molecule has 0 spiro atoms. The van der Waals surface area contributed by atoms with Gasteiger partial charge in [0.15, 0.2) is 0 Å². The number of carbonyl (C=O) groups excluding carboxylic acids is 1. The number of nitrogens with zero attached hydrogens (tertiary/aromatic N) is 1. The Hall–Kier alpha value is -0.420. The second-order valence-corrected chi connectivity index (χ2v) is 6.96. The van der Waals surface area contributed by atoms with E-state index in [1.165, 1.54) is 12.1 Å². The summed E-state index contributed by atoms with van der Waals surface area (Å²) in [5.74, 6) is -0.201. The third kappa shape index (κ3) is 3.12. The fourth-order valence-electron chi connectivity index (χ4n) is 2.14. The molecule has 2 rings (SSSR count). The zero-order valence-corrected chi connectivity index (χ0v) is 13.2. The van der Waals surface area contributed by atoms with E-state index >= 15 is 0 Å². The summed E-state index contributed by atoms with van der Waals surface area (Å²) in [5, 5.41) is 0. The van der Waals surface area contributed by atoms with Crippen molar-refractivity contribution in [3.05, 3.63) is 34.1 Å². The number of hydrogen-bond acceptors (Lipinski definition) is 1. The summed E-state index contributed by atoms with van der Waals surface area (Å²) in [6.07, 6.45) is 2.17. The predicted molar refractivity (Wildman–Crippen MR) is 76.5 cm³/mol. The lowest BCUT2D eigenvalue weighted by molar-refractivity contribution is 0.0744. The van der Waals surface area contributed by atoms with Crippen LogP contribution < -0.4 is 0 Å². The fraction of sp³-hybridized carbons (Fsp3) is 0.462. The van der Waals surface area contributed by atoms with Crippen LogP contribution in [0.1, 0.15) is 23.2 Å². The van der Waals surface area contributed by atoms with E-state index in [-0.39, 0.29) is 11.5 Å². The van der Waals surface area contributed by atoms with Crippen LogP contribution in [0, 0.1) is 11.7 Å². The standard InChI is InChI=1S/C13H14Br2FNO/c1-17(7-8-4-10(15)5-8)13(18)11-3-2-9(14)6-12(11)16/h2-3,6,8,10H,4-5,7H2,1H3. The van der Waals surface area contributed by atoms with Crippen LogP contribution in [0.15, 0.2) is 22.7 Å². The SMILES string of the molecule is CN(CC1CC(Br)C1)C(=O)c1ccc(Br)cc1F. The molecule has 2 nitrogen and oxygen atoms in total. The average molecular weight is 379 g/mol. The molecule has 1 aromatic carbocycles. The van der Waals surface area contributed by atoms with Gasteiger partial charge in [0.25, 0.3) is 5.91 Å². The van der Waals surface area contributed by atoms with Gasteiger partial charge in [0.2, 0.25) is 0 Å². The quantitative estimate of drug-likeness (QED) is 0.732. The summed E-state index contributed by atoms with van der Waals surface area (Å²) < 4.78 is 14.3. The zero-order valence-electron chi connectivity index (χ0n) is 10.00. The molecule has 1 fully saturated rings. The maximum Gasteiger partial charge on any atom is 0.256 e. The van der Waals surface area contributed by atoms with Crippen LogP contribution >= 0.6 is 31.9 Å². The monoisotopic (exact) mass is 377 g/mol. The van der Waals surface area contributed by atoms with E-state index in [0.29, 0.717) is 21.8 Å². The number of benzene rings is 1. The van der Waals surface area contributed by atoms with Crippen LogP contribution in [0.3, 0.4) is 0 Å². The highest BCUT2D eigenvalue weighted by Crippen LogP contribution is 2.33. The molecular weight excluding hydrogens is 365 g/mol. The molecular formula is C13H14Br2FNO. The van der Waals surface area contributed by atoms with Crippen molar-refractivity contribution < 1.29 is 9.18 Å². The molecule has 98 valence electrons. The van der Waals surface area contributed by atoms with Crippen molar-refractivity contribution in [2.24, 2.45) is 5.92 Å². The maximum atomic E-state index is 13.7. The lowest BCUT2D eigenvalue weighted by Gasteiger charge is -2.34. The third-order valence-electron chi connectivity index (χ3n) is 3.22. The van der Waals surface area contributed by atoms with Gasteiger partial charge in [-0.15, -0.1) is 0 Å². The van der Waals surface area contributed by atoms with E-state index < -0.39 is 5.82 Å². The van der Waals surface area contributed by atoms with Crippen LogP contribution in [0.2, 0.25) is 0 Å². The van der Waals surface area contributed by atoms with Gasteiger partial charge >= 0.3 is 0 Å². The molecule has 0 atom stereocenters. The summed E-state index contributed by atoms with van der Waals surface area (Å²) in [7, 11) is 1.73. The third-order valence-corrected chi connectivity index (χ3v) is 4.46. The van der Waals surface area contributed by atoms with Crippen molar-refractivity contribution >= 4 is 37.8 Å². The molecule has 0 aromatic heterocycles. The van der Waals surface area contributed by atoms with Crippen molar-refractivity contribution in [2.45, 2.75) is 17.7 Å². The second-order valence-electron chi connectivity index (χ2n) is 4.74. The molecule has 0 N–H and O–H groups in total. The van der Waals surface area contributed by atoms with Gasteiger partial charge in [-0.25, -0.2) is 4.39 Å². The second kappa shape index (κ2) is 5.70. The van der Waals surface area contributed by atoms with Crippen LogP contribution in [0.25, 0.3) is 0 Å². The van der Waals surface area contributed by atoms with Crippen molar-refractivity contribution in [3.63, 3.8) is 0 Å². The first-order valence-corrected chi connectivity index (χ1v) is 7.53. The van der Waals surface area contributed by atoms with Crippen molar-refractivity contribution in [2.75, 3.05) is 13.6 Å².